The second kappa shape index (κ2) is 5.67. The molecule has 0 aliphatic carbocycles. The number of furan rings is 1. The topological polar surface area (TPSA) is 59.8 Å². The van der Waals surface area contributed by atoms with Crippen LogP contribution < -0.4 is 0 Å². The number of carbonyl (C=O) groups is 2. The Kier molecular flexibility index (Phi) is 3.71. The van der Waals surface area contributed by atoms with Gasteiger partial charge in [-0.1, -0.05) is 32.0 Å². The van der Waals surface area contributed by atoms with Gasteiger partial charge in [-0.15, -0.1) is 0 Å². The highest BCUT2D eigenvalue weighted by Crippen LogP contribution is 2.22. The van der Waals surface area contributed by atoms with Crippen molar-refractivity contribution in [3.8, 4) is 0 Å². The number of carbonyl (C=O) groups excluding carboxylic acids is 2. The Morgan fingerprint density at radius 1 is 1.36 bits per heavy atom. The fourth-order valence-electron chi connectivity index (χ4n) is 2.50. The molecule has 1 aliphatic rings. The number of rotatable bonds is 3. The Labute approximate surface area is 128 Å². The molecule has 5 heteroatoms. The summed E-state index contributed by atoms with van der Waals surface area (Å²) >= 11 is 0. The molecule has 22 heavy (non-hydrogen) atoms. The monoisotopic (exact) mass is 299 g/mol. The van der Waals surface area contributed by atoms with Gasteiger partial charge in [-0.3, -0.25) is 4.79 Å². The minimum absolute atomic E-state index is 0.148. The van der Waals surface area contributed by atoms with Crippen molar-refractivity contribution in [1.82, 2.24) is 4.90 Å². The van der Waals surface area contributed by atoms with E-state index in [1.165, 1.54) is 11.0 Å². The van der Waals surface area contributed by atoms with E-state index in [-0.39, 0.29) is 24.5 Å². The highest BCUT2D eigenvalue weighted by Gasteiger charge is 2.38. The van der Waals surface area contributed by atoms with E-state index in [0.717, 1.165) is 11.0 Å². The van der Waals surface area contributed by atoms with Crippen molar-refractivity contribution in [3.05, 3.63) is 42.2 Å². The standard InChI is InChI=1S/C17H17NO4/c1-11(2)14-10-21-17(20)18(14)16(19)8-7-13-9-12-5-3-4-6-15(12)22-13/h3-9,11,14H,10H2,1-2H3/b8-7+/t14-/m1/s1. The average molecular weight is 299 g/mol. The van der Waals surface area contributed by atoms with Crippen LogP contribution in [0.15, 0.2) is 40.8 Å². The van der Waals surface area contributed by atoms with E-state index in [2.05, 4.69) is 0 Å². The highest BCUT2D eigenvalue weighted by atomic mass is 16.6. The van der Waals surface area contributed by atoms with E-state index < -0.39 is 6.09 Å². The Bertz CT molecular complexity index is 711. The molecule has 5 nitrogen and oxygen atoms in total. The third-order valence-corrected chi connectivity index (χ3v) is 3.75. The van der Waals surface area contributed by atoms with Gasteiger partial charge in [-0.25, -0.2) is 9.69 Å². The number of fused-ring (bicyclic) bond motifs is 1. The maximum atomic E-state index is 12.3. The van der Waals surface area contributed by atoms with Crippen molar-refractivity contribution in [3.63, 3.8) is 0 Å². The van der Waals surface area contributed by atoms with Crippen LogP contribution in [0.3, 0.4) is 0 Å². The molecule has 2 aromatic rings. The fourth-order valence-corrected chi connectivity index (χ4v) is 2.50. The zero-order valence-electron chi connectivity index (χ0n) is 12.5. The quantitative estimate of drug-likeness (QED) is 0.814. The van der Waals surface area contributed by atoms with Gasteiger partial charge in [-0.2, -0.15) is 0 Å². The summed E-state index contributed by atoms with van der Waals surface area (Å²) in [5.74, 6) is 0.333. The van der Waals surface area contributed by atoms with E-state index >= 15 is 0 Å². The van der Waals surface area contributed by atoms with Crippen molar-refractivity contribution in [1.29, 1.82) is 0 Å². The molecule has 1 aromatic heterocycles. The Balaban J connectivity index is 1.79. The molecule has 0 unspecified atom stereocenters. The first-order valence-electron chi connectivity index (χ1n) is 7.23. The summed E-state index contributed by atoms with van der Waals surface area (Å²) in [4.78, 5) is 25.1. The molecule has 0 radical (unpaired) electrons. The first kappa shape index (κ1) is 14.4. The van der Waals surface area contributed by atoms with Crippen molar-refractivity contribution in [2.24, 2.45) is 5.92 Å². The Hall–Kier alpha value is -2.56. The predicted molar refractivity (Wildman–Crippen MR) is 82.1 cm³/mol. The van der Waals surface area contributed by atoms with Crippen LogP contribution in [0, 0.1) is 5.92 Å². The summed E-state index contributed by atoms with van der Waals surface area (Å²) in [6.45, 7) is 4.16. The molecule has 0 saturated carbocycles. The minimum atomic E-state index is -0.585. The zero-order valence-corrected chi connectivity index (χ0v) is 12.5. The molecule has 2 amide bonds. The van der Waals surface area contributed by atoms with E-state index in [9.17, 15) is 9.59 Å². The van der Waals surface area contributed by atoms with Gasteiger partial charge in [0.2, 0.25) is 0 Å². The highest BCUT2D eigenvalue weighted by molar-refractivity contribution is 6.02. The number of ether oxygens (including phenoxy) is 1. The van der Waals surface area contributed by atoms with Crippen molar-refractivity contribution in [2.75, 3.05) is 6.61 Å². The predicted octanol–water partition coefficient (Wildman–Crippen LogP) is 3.45. The molecule has 1 aromatic carbocycles. The number of nitrogens with zero attached hydrogens (tertiary/aromatic N) is 1. The van der Waals surface area contributed by atoms with Gasteiger partial charge in [-0.05, 0) is 24.1 Å². The number of amides is 2. The lowest BCUT2D eigenvalue weighted by Gasteiger charge is -2.20. The van der Waals surface area contributed by atoms with Gasteiger partial charge in [0.05, 0.1) is 6.04 Å². The van der Waals surface area contributed by atoms with Crippen LogP contribution in [0.25, 0.3) is 17.0 Å². The van der Waals surface area contributed by atoms with Crippen molar-refractivity contribution in [2.45, 2.75) is 19.9 Å². The lowest BCUT2D eigenvalue weighted by molar-refractivity contribution is -0.124. The first-order chi connectivity index (χ1) is 10.6. The number of benzene rings is 1. The molecular formula is C17H17NO4. The van der Waals surface area contributed by atoms with Gasteiger partial charge in [0.1, 0.15) is 18.0 Å². The van der Waals surface area contributed by atoms with Crippen molar-refractivity contribution >= 4 is 29.0 Å². The third kappa shape index (κ3) is 2.62. The van der Waals surface area contributed by atoms with E-state index in [1.54, 1.807) is 6.08 Å². The maximum absolute atomic E-state index is 12.3. The SMILES string of the molecule is CC(C)[C@H]1COC(=O)N1C(=O)/C=C/c1cc2ccccc2o1. The number of imide groups is 1. The summed E-state index contributed by atoms with van der Waals surface area (Å²) in [7, 11) is 0. The molecule has 1 fully saturated rings. The van der Waals surface area contributed by atoms with Crippen LogP contribution in [0.1, 0.15) is 19.6 Å². The smallest absolute Gasteiger partial charge is 0.417 e. The zero-order chi connectivity index (χ0) is 15.7. The molecular weight excluding hydrogens is 282 g/mol. The van der Waals surface area contributed by atoms with Crippen LogP contribution >= 0.6 is 0 Å². The molecule has 0 spiro atoms. The molecule has 1 atom stereocenters. The number of hydrogen-bond donors (Lipinski definition) is 0. The minimum Gasteiger partial charge on any atom is -0.457 e. The Morgan fingerprint density at radius 2 is 2.14 bits per heavy atom. The molecule has 1 aliphatic heterocycles. The lowest BCUT2D eigenvalue weighted by atomic mass is 10.0. The van der Waals surface area contributed by atoms with Crippen LogP contribution in [0.4, 0.5) is 4.79 Å². The van der Waals surface area contributed by atoms with Gasteiger partial charge < -0.3 is 9.15 Å². The van der Waals surface area contributed by atoms with Crippen LogP contribution in [0.2, 0.25) is 0 Å². The van der Waals surface area contributed by atoms with Crippen LogP contribution in [-0.4, -0.2) is 29.5 Å². The van der Waals surface area contributed by atoms with E-state index in [1.807, 2.05) is 44.2 Å². The van der Waals surface area contributed by atoms with Gasteiger partial charge in [0.15, 0.2) is 0 Å². The lowest BCUT2D eigenvalue weighted by Crippen LogP contribution is -2.40. The normalized spacial score (nSPS) is 18.6. The third-order valence-electron chi connectivity index (χ3n) is 3.75. The molecule has 1 saturated heterocycles. The van der Waals surface area contributed by atoms with Crippen LogP contribution in [-0.2, 0) is 9.53 Å². The molecule has 3 rings (SSSR count). The maximum Gasteiger partial charge on any atom is 0.417 e. The van der Waals surface area contributed by atoms with Gasteiger partial charge in [0, 0.05) is 11.5 Å². The fraction of sp³-hybridized carbons (Fsp3) is 0.294. The average Bonchev–Trinajstić information content (AvgIpc) is 3.07. The number of para-hydroxylation sites is 1. The molecule has 114 valence electrons. The second-order valence-corrected chi connectivity index (χ2v) is 5.62. The summed E-state index contributed by atoms with van der Waals surface area (Å²) in [5.41, 5.74) is 0.759. The first-order valence-corrected chi connectivity index (χ1v) is 7.23. The van der Waals surface area contributed by atoms with E-state index in [0.29, 0.717) is 5.76 Å². The number of hydrogen-bond acceptors (Lipinski definition) is 4. The summed E-state index contributed by atoms with van der Waals surface area (Å²) in [6.07, 6.45) is 2.34. The van der Waals surface area contributed by atoms with Gasteiger partial charge in [0.25, 0.3) is 5.91 Å². The van der Waals surface area contributed by atoms with Gasteiger partial charge >= 0.3 is 6.09 Å². The second-order valence-electron chi connectivity index (χ2n) is 5.62. The molecule has 0 N–H and O–H groups in total. The molecule has 2 heterocycles. The summed E-state index contributed by atoms with van der Waals surface area (Å²) in [5, 5.41) is 0.968. The van der Waals surface area contributed by atoms with Crippen molar-refractivity contribution < 1.29 is 18.7 Å². The van der Waals surface area contributed by atoms with E-state index in [4.69, 9.17) is 9.15 Å². The largest absolute Gasteiger partial charge is 0.457 e. The Morgan fingerprint density at radius 3 is 2.86 bits per heavy atom. The summed E-state index contributed by atoms with van der Waals surface area (Å²) in [6, 6.07) is 9.23. The van der Waals surface area contributed by atoms with Crippen LogP contribution in [0.5, 0.6) is 0 Å². The summed E-state index contributed by atoms with van der Waals surface area (Å²) < 4.78 is 10.6. The number of cyclic esters (lactones) is 1. The molecule has 0 bridgehead atoms.